The SMILES string of the molecule is O=C(O)CC1CSCCN1C(=O)CCCOCCc1ccccc1. The molecule has 1 aliphatic heterocycles. The van der Waals surface area contributed by atoms with Crippen molar-refractivity contribution in [2.75, 3.05) is 31.3 Å². The Balaban J connectivity index is 1.62. The summed E-state index contributed by atoms with van der Waals surface area (Å²) in [5.41, 5.74) is 1.25. The van der Waals surface area contributed by atoms with Gasteiger partial charge in [0.05, 0.1) is 19.1 Å². The monoisotopic (exact) mass is 351 g/mol. The van der Waals surface area contributed by atoms with Gasteiger partial charge in [0, 0.05) is 31.1 Å². The van der Waals surface area contributed by atoms with Crippen LogP contribution >= 0.6 is 11.8 Å². The summed E-state index contributed by atoms with van der Waals surface area (Å²) >= 11 is 1.72. The number of carbonyl (C=O) groups is 2. The summed E-state index contributed by atoms with van der Waals surface area (Å²) in [6, 6.07) is 9.99. The number of nitrogens with zero attached hydrogens (tertiary/aromatic N) is 1. The van der Waals surface area contributed by atoms with E-state index >= 15 is 0 Å². The molecule has 1 aromatic rings. The van der Waals surface area contributed by atoms with E-state index in [0.717, 1.165) is 12.2 Å². The van der Waals surface area contributed by atoms with Crippen LogP contribution in [-0.2, 0) is 20.7 Å². The lowest BCUT2D eigenvalue weighted by Gasteiger charge is -2.34. The maximum Gasteiger partial charge on any atom is 0.305 e. The second kappa shape index (κ2) is 10.4. The van der Waals surface area contributed by atoms with E-state index in [1.807, 2.05) is 18.2 Å². The van der Waals surface area contributed by atoms with Gasteiger partial charge in [-0.2, -0.15) is 11.8 Å². The van der Waals surface area contributed by atoms with Crippen LogP contribution in [0, 0.1) is 0 Å². The van der Waals surface area contributed by atoms with Crippen LogP contribution in [-0.4, -0.2) is 59.2 Å². The number of amides is 1. The van der Waals surface area contributed by atoms with Crippen LogP contribution in [0.4, 0.5) is 0 Å². The van der Waals surface area contributed by atoms with Gasteiger partial charge in [0.25, 0.3) is 0 Å². The molecule has 6 heteroatoms. The van der Waals surface area contributed by atoms with Crippen molar-refractivity contribution < 1.29 is 19.4 Å². The Bertz CT molecular complexity index is 523. The number of benzene rings is 1. The topological polar surface area (TPSA) is 66.8 Å². The molecule has 1 unspecified atom stereocenters. The van der Waals surface area contributed by atoms with Gasteiger partial charge in [-0.15, -0.1) is 0 Å². The molecule has 0 aromatic heterocycles. The molecule has 0 radical (unpaired) electrons. The highest BCUT2D eigenvalue weighted by atomic mass is 32.2. The lowest BCUT2D eigenvalue weighted by Crippen LogP contribution is -2.47. The van der Waals surface area contributed by atoms with Gasteiger partial charge in [-0.25, -0.2) is 0 Å². The number of ether oxygens (including phenoxy) is 1. The summed E-state index contributed by atoms with van der Waals surface area (Å²) < 4.78 is 5.60. The number of rotatable bonds is 9. The van der Waals surface area contributed by atoms with Crippen molar-refractivity contribution in [1.82, 2.24) is 4.90 Å². The Kier molecular flexibility index (Phi) is 8.12. The first-order chi connectivity index (χ1) is 11.7. The van der Waals surface area contributed by atoms with Crippen molar-refractivity contribution in [3.63, 3.8) is 0 Å². The zero-order valence-electron chi connectivity index (χ0n) is 13.9. The second-order valence-electron chi connectivity index (χ2n) is 5.87. The van der Waals surface area contributed by atoms with E-state index in [0.29, 0.717) is 38.4 Å². The molecular formula is C18H25NO4S. The van der Waals surface area contributed by atoms with E-state index in [1.165, 1.54) is 5.56 Å². The Morgan fingerprint density at radius 2 is 2.04 bits per heavy atom. The zero-order valence-corrected chi connectivity index (χ0v) is 14.7. The molecule has 132 valence electrons. The summed E-state index contributed by atoms with van der Waals surface area (Å²) in [4.78, 5) is 25.0. The number of aliphatic carboxylic acids is 1. The van der Waals surface area contributed by atoms with Crippen LogP contribution in [0.1, 0.15) is 24.8 Å². The standard InChI is InChI=1S/C18H25NO4S/c20-17(19-9-12-24-14-16(19)13-18(21)22)7-4-10-23-11-8-15-5-2-1-3-6-15/h1-3,5-6,16H,4,7-14H2,(H,21,22). The highest BCUT2D eigenvalue weighted by Crippen LogP contribution is 2.20. The minimum Gasteiger partial charge on any atom is -0.481 e. The van der Waals surface area contributed by atoms with Gasteiger partial charge in [0.15, 0.2) is 0 Å². The second-order valence-corrected chi connectivity index (χ2v) is 7.02. The van der Waals surface area contributed by atoms with E-state index in [9.17, 15) is 9.59 Å². The first kappa shape index (κ1) is 18.8. The van der Waals surface area contributed by atoms with Gasteiger partial charge in [0.1, 0.15) is 0 Å². The van der Waals surface area contributed by atoms with Crippen molar-refractivity contribution in [1.29, 1.82) is 0 Å². The summed E-state index contributed by atoms with van der Waals surface area (Å²) in [7, 11) is 0. The quantitative estimate of drug-likeness (QED) is 0.692. The molecule has 24 heavy (non-hydrogen) atoms. The molecule has 5 nitrogen and oxygen atoms in total. The number of thioether (sulfide) groups is 1. The summed E-state index contributed by atoms with van der Waals surface area (Å²) in [6.45, 7) is 1.86. The molecule has 0 aliphatic carbocycles. The predicted octanol–water partition coefficient (Wildman–Crippen LogP) is 2.44. The maximum atomic E-state index is 12.3. The van der Waals surface area contributed by atoms with Crippen LogP contribution in [0.2, 0.25) is 0 Å². The van der Waals surface area contributed by atoms with Crippen molar-refractivity contribution >= 4 is 23.6 Å². The van der Waals surface area contributed by atoms with Crippen LogP contribution < -0.4 is 0 Å². The highest BCUT2D eigenvalue weighted by molar-refractivity contribution is 7.99. The van der Waals surface area contributed by atoms with Crippen LogP contribution in [0.15, 0.2) is 30.3 Å². The van der Waals surface area contributed by atoms with Gasteiger partial charge >= 0.3 is 5.97 Å². The lowest BCUT2D eigenvalue weighted by molar-refractivity contribution is -0.140. The molecule has 1 aromatic carbocycles. The summed E-state index contributed by atoms with van der Waals surface area (Å²) in [5, 5.41) is 8.97. The van der Waals surface area contributed by atoms with Crippen molar-refractivity contribution in [2.24, 2.45) is 0 Å². The van der Waals surface area contributed by atoms with Crippen molar-refractivity contribution in [3.05, 3.63) is 35.9 Å². The Hall–Kier alpha value is -1.53. The average molecular weight is 351 g/mol. The molecule has 1 aliphatic rings. The van der Waals surface area contributed by atoms with Gasteiger partial charge < -0.3 is 14.7 Å². The Morgan fingerprint density at radius 3 is 2.79 bits per heavy atom. The third kappa shape index (κ3) is 6.53. The normalized spacial score (nSPS) is 17.7. The van der Waals surface area contributed by atoms with E-state index in [4.69, 9.17) is 9.84 Å². The van der Waals surface area contributed by atoms with Crippen molar-refractivity contribution in [3.8, 4) is 0 Å². The molecule has 0 spiro atoms. The fourth-order valence-electron chi connectivity index (χ4n) is 2.76. The number of carboxylic acids is 1. The van der Waals surface area contributed by atoms with E-state index < -0.39 is 5.97 Å². The zero-order chi connectivity index (χ0) is 17.2. The van der Waals surface area contributed by atoms with Crippen molar-refractivity contribution in [2.45, 2.75) is 31.7 Å². The number of carbonyl (C=O) groups excluding carboxylic acids is 1. The number of hydrogen-bond donors (Lipinski definition) is 1. The number of carboxylic acid groups (broad SMARTS) is 1. The van der Waals surface area contributed by atoms with Gasteiger partial charge in [-0.3, -0.25) is 9.59 Å². The van der Waals surface area contributed by atoms with Gasteiger partial charge in [0.2, 0.25) is 5.91 Å². The van der Waals surface area contributed by atoms with Crippen LogP contribution in [0.3, 0.4) is 0 Å². The third-order valence-electron chi connectivity index (χ3n) is 4.02. The summed E-state index contributed by atoms with van der Waals surface area (Å²) in [6.07, 6.45) is 2.01. The molecule has 1 fully saturated rings. The van der Waals surface area contributed by atoms with Crippen LogP contribution in [0.25, 0.3) is 0 Å². The Morgan fingerprint density at radius 1 is 1.25 bits per heavy atom. The van der Waals surface area contributed by atoms with E-state index in [1.54, 1.807) is 16.7 Å². The van der Waals surface area contributed by atoms with E-state index in [2.05, 4.69) is 12.1 Å². The highest BCUT2D eigenvalue weighted by Gasteiger charge is 2.28. The largest absolute Gasteiger partial charge is 0.481 e. The minimum absolute atomic E-state index is 0.0340. The van der Waals surface area contributed by atoms with Gasteiger partial charge in [-0.1, -0.05) is 30.3 Å². The maximum absolute atomic E-state index is 12.3. The third-order valence-corrected chi connectivity index (χ3v) is 5.11. The fourth-order valence-corrected chi connectivity index (χ4v) is 3.82. The molecule has 1 atom stereocenters. The van der Waals surface area contributed by atoms with Crippen LogP contribution in [0.5, 0.6) is 0 Å². The first-order valence-electron chi connectivity index (χ1n) is 8.37. The molecular weight excluding hydrogens is 326 g/mol. The van der Waals surface area contributed by atoms with E-state index in [-0.39, 0.29) is 18.4 Å². The predicted molar refractivity (Wildman–Crippen MR) is 95.3 cm³/mol. The minimum atomic E-state index is -0.843. The fraction of sp³-hybridized carbons (Fsp3) is 0.556. The average Bonchev–Trinajstić information content (AvgIpc) is 2.58. The molecule has 1 heterocycles. The smallest absolute Gasteiger partial charge is 0.305 e. The summed E-state index contributed by atoms with van der Waals surface area (Å²) in [5.74, 6) is 0.805. The number of hydrogen-bond acceptors (Lipinski definition) is 4. The molecule has 2 rings (SSSR count). The molecule has 0 bridgehead atoms. The molecule has 0 saturated carbocycles. The molecule has 1 amide bonds. The molecule has 1 saturated heterocycles. The molecule has 1 N–H and O–H groups in total. The van der Waals surface area contributed by atoms with Gasteiger partial charge in [-0.05, 0) is 18.4 Å². The lowest BCUT2D eigenvalue weighted by atomic mass is 10.1. The first-order valence-corrected chi connectivity index (χ1v) is 9.53. The Labute approximate surface area is 147 Å².